The van der Waals surface area contributed by atoms with Gasteiger partial charge in [-0.2, -0.15) is 0 Å². The van der Waals surface area contributed by atoms with Gasteiger partial charge in [-0.05, 0) is 19.9 Å². The van der Waals surface area contributed by atoms with Crippen molar-refractivity contribution in [2.45, 2.75) is 33.2 Å². The second-order valence-electron chi connectivity index (χ2n) is 5.31. The van der Waals surface area contributed by atoms with E-state index in [1.165, 1.54) is 0 Å². The molecule has 0 radical (unpaired) electrons. The maximum Gasteiger partial charge on any atom is 0.239 e. The summed E-state index contributed by atoms with van der Waals surface area (Å²) >= 11 is 0. The van der Waals surface area contributed by atoms with Gasteiger partial charge in [0.25, 0.3) is 0 Å². The first-order valence-electron chi connectivity index (χ1n) is 6.69. The van der Waals surface area contributed by atoms with Gasteiger partial charge in [-0.3, -0.25) is 9.59 Å². The van der Waals surface area contributed by atoms with Crippen LogP contribution >= 0.6 is 0 Å². The fraction of sp³-hybridized carbons (Fsp3) is 0.846. The minimum atomic E-state index is -0.150. The zero-order valence-electron chi connectivity index (χ0n) is 11.9. The Morgan fingerprint density at radius 1 is 1.06 bits per heavy atom. The third kappa shape index (κ3) is 3.98. The number of nitrogens with one attached hydrogen (secondary N) is 1. The van der Waals surface area contributed by atoms with Crippen LogP contribution in [0.25, 0.3) is 0 Å². The van der Waals surface area contributed by atoms with Crippen molar-refractivity contribution >= 4 is 11.8 Å². The van der Waals surface area contributed by atoms with Gasteiger partial charge < -0.3 is 15.1 Å². The second kappa shape index (κ2) is 6.73. The molecule has 1 heterocycles. The zero-order valence-corrected chi connectivity index (χ0v) is 11.9. The molecule has 0 bridgehead atoms. The molecule has 0 spiro atoms. The summed E-state index contributed by atoms with van der Waals surface area (Å²) in [7, 11) is 1.78. The largest absolute Gasteiger partial charge is 0.339 e. The van der Waals surface area contributed by atoms with Gasteiger partial charge in [0.1, 0.15) is 0 Å². The molecule has 1 N–H and O–H groups in total. The lowest BCUT2D eigenvalue weighted by Gasteiger charge is -2.36. The maximum absolute atomic E-state index is 11.9. The molecule has 0 saturated carbocycles. The van der Waals surface area contributed by atoms with Crippen molar-refractivity contribution in [2.24, 2.45) is 5.92 Å². The van der Waals surface area contributed by atoms with Crippen LogP contribution in [0.5, 0.6) is 0 Å². The topological polar surface area (TPSA) is 52.7 Å². The Balaban J connectivity index is 2.41. The minimum Gasteiger partial charge on any atom is -0.339 e. The van der Waals surface area contributed by atoms with Crippen LogP contribution < -0.4 is 5.32 Å². The number of hydrogen-bond donors (Lipinski definition) is 1. The van der Waals surface area contributed by atoms with Crippen molar-refractivity contribution in [2.75, 3.05) is 33.2 Å². The van der Waals surface area contributed by atoms with Crippen molar-refractivity contribution in [3.63, 3.8) is 0 Å². The van der Waals surface area contributed by atoms with E-state index in [1.54, 1.807) is 7.05 Å². The molecule has 2 amide bonds. The predicted molar refractivity (Wildman–Crippen MR) is 71.1 cm³/mol. The Morgan fingerprint density at radius 2 is 1.56 bits per heavy atom. The molecule has 1 atom stereocenters. The smallest absolute Gasteiger partial charge is 0.239 e. The van der Waals surface area contributed by atoms with Gasteiger partial charge >= 0.3 is 0 Å². The quantitative estimate of drug-likeness (QED) is 0.786. The molecule has 0 aromatic carbocycles. The van der Waals surface area contributed by atoms with Gasteiger partial charge in [0, 0.05) is 32.6 Å². The Morgan fingerprint density at radius 3 is 2.00 bits per heavy atom. The molecule has 0 aliphatic carbocycles. The molecule has 5 heteroatoms. The Kier molecular flexibility index (Phi) is 5.59. The van der Waals surface area contributed by atoms with E-state index in [1.807, 2.05) is 30.6 Å². The summed E-state index contributed by atoms with van der Waals surface area (Å²) in [5.74, 6) is 0.716. The number of amides is 2. The molecule has 1 aliphatic heterocycles. The molecule has 104 valence electrons. The molecular formula is C13H25N3O2. The van der Waals surface area contributed by atoms with Gasteiger partial charge in [-0.1, -0.05) is 13.8 Å². The van der Waals surface area contributed by atoms with Crippen LogP contribution in [-0.4, -0.2) is 60.9 Å². The standard InChI is InChI=1S/C13H25N3O2/c1-10(2)9-12(17)15-5-7-16(8-6-15)13(18)11(3)14-4/h10-11,14H,5-9H2,1-4H3. The summed E-state index contributed by atoms with van der Waals surface area (Å²) in [5, 5.41) is 2.95. The number of likely N-dealkylation sites (N-methyl/N-ethyl adjacent to an activating group) is 1. The Hall–Kier alpha value is -1.10. The second-order valence-corrected chi connectivity index (χ2v) is 5.31. The molecule has 1 saturated heterocycles. The SMILES string of the molecule is CNC(C)C(=O)N1CCN(C(=O)CC(C)C)CC1. The van der Waals surface area contributed by atoms with Crippen LogP contribution in [0.1, 0.15) is 27.2 Å². The highest BCUT2D eigenvalue weighted by Crippen LogP contribution is 2.09. The van der Waals surface area contributed by atoms with E-state index >= 15 is 0 Å². The normalized spacial score (nSPS) is 18.1. The number of nitrogens with zero attached hydrogens (tertiary/aromatic N) is 2. The van der Waals surface area contributed by atoms with Gasteiger partial charge in [-0.15, -0.1) is 0 Å². The fourth-order valence-corrected chi connectivity index (χ4v) is 2.05. The molecule has 1 unspecified atom stereocenters. The van der Waals surface area contributed by atoms with E-state index in [2.05, 4.69) is 5.32 Å². The van der Waals surface area contributed by atoms with Crippen LogP contribution in [0, 0.1) is 5.92 Å². The van der Waals surface area contributed by atoms with E-state index in [0.29, 0.717) is 38.5 Å². The summed E-state index contributed by atoms with van der Waals surface area (Å²) in [4.78, 5) is 27.5. The number of hydrogen-bond acceptors (Lipinski definition) is 3. The first-order valence-corrected chi connectivity index (χ1v) is 6.69. The average Bonchev–Trinajstić information content (AvgIpc) is 2.36. The molecule has 18 heavy (non-hydrogen) atoms. The van der Waals surface area contributed by atoms with Gasteiger partial charge in [0.15, 0.2) is 0 Å². The molecule has 5 nitrogen and oxygen atoms in total. The molecule has 0 aromatic rings. The Bertz CT molecular complexity index is 297. The summed E-state index contributed by atoms with van der Waals surface area (Å²) in [6.07, 6.45) is 0.598. The van der Waals surface area contributed by atoms with E-state index in [4.69, 9.17) is 0 Å². The van der Waals surface area contributed by atoms with E-state index in [9.17, 15) is 9.59 Å². The van der Waals surface area contributed by atoms with Crippen molar-refractivity contribution in [1.29, 1.82) is 0 Å². The Labute approximate surface area is 110 Å². The lowest BCUT2D eigenvalue weighted by Crippen LogP contribution is -2.54. The van der Waals surface area contributed by atoms with Crippen molar-refractivity contribution in [3.8, 4) is 0 Å². The average molecular weight is 255 g/mol. The van der Waals surface area contributed by atoms with E-state index in [-0.39, 0.29) is 17.9 Å². The van der Waals surface area contributed by atoms with Gasteiger partial charge in [0.05, 0.1) is 6.04 Å². The predicted octanol–water partition coefficient (Wildman–Crippen LogP) is 0.311. The monoisotopic (exact) mass is 255 g/mol. The highest BCUT2D eigenvalue weighted by molar-refractivity contribution is 5.82. The van der Waals surface area contributed by atoms with Crippen molar-refractivity contribution in [3.05, 3.63) is 0 Å². The number of carbonyl (C=O) groups is 2. The van der Waals surface area contributed by atoms with Crippen molar-refractivity contribution < 1.29 is 9.59 Å². The summed E-state index contributed by atoms with van der Waals surface area (Å²) in [5.41, 5.74) is 0. The summed E-state index contributed by atoms with van der Waals surface area (Å²) < 4.78 is 0. The van der Waals surface area contributed by atoms with Crippen LogP contribution in [0.3, 0.4) is 0 Å². The fourth-order valence-electron chi connectivity index (χ4n) is 2.05. The number of piperazine rings is 1. The highest BCUT2D eigenvalue weighted by Gasteiger charge is 2.26. The van der Waals surface area contributed by atoms with Gasteiger partial charge in [0.2, 0.25) is 11.8 Å². The summed E-state index contributed by atoms with van der Waals surface area (Å²) in [6, 6.07) is -0.150. The number of carbonyl (C=O) groups excluding carboxylic acids is 2. The van der Waals surface area contributed by atoms with Crippen molar-refractivity contribution in [1.82, 2.24) is 15.1 Å². The maximum atomic E-state index is 11.9. The molecular weight excluding hydrogens is 230 g/mol. The highest BCUT2D eigenvalue weighted by atomic mass is 16.2. The molecule has 1 fully saturated rings. The first-order chi connectivity index (χ1) is 8.45. The minimum absolute atomic E-state index is 0.119. The van der Waals surface area contributed by atoms with Gasteiger partial charge in [-0.25, -0.2) is 0 Å². The lowest BCUT2D eigenvalue weighted by molar-refractivity contribution is -0.140. The van der Waals surface area contributed by atoms with Crippen LogP contribution in [0.2, 0.25) is 0 Å². The first kappa shape index (κ1) is 15.0. The third-order valence-corrected chi connectivity index (χ3v) is 3.33. The summed E-state index contributed by atoms with van der Waals surface area (Å²) in [6.45, 7) is 8.57. The van der Waals surface area contributed by atoms with E-state index in [0.717, 1.165) is 0 Å². The molecule has 0 aromatic heterocycles. The van der Waals surface area contributed by atoms with Crippen LogP contribution in [0.15, 0.2) is 0 Å². The molecule has 1 rings (SSSR count). The van der Waals surface area contributed by atoms with Crippen LogP contribution in [0.4, 0.5) is 0 Å². The lowest BCUT2D eigenvalue weighted by atomic mass is 10.1. The molecule has 1 aliphatic rings. The van der Waals surface area contributed by atoms with Crippen LogP contribution in [-0.2, 0) is 9.59 Å². The zero-order chi connectivity index (χ0) is 13.7. The third-order valence-electron chi connectivity index (χ3n) is 3.33. The van der Waals surface area contributed by atoms with E-state index < -0.39 is 0 Å². The number of rotatable bonds is 4.